The molecule has 0 spiro atoms. The van der Waals surface area contributed by atoms with Crippen molar-refractivity contribution in [1.29, 1.82) is 5.26 Å². The number of amides is 1. The maximum absolute atomic E-state index is 13.3. The van der Waals surface area contributed by atoms with E-state index in [0.717, 1.165) is 17.8 Å². The van der Waals surface area contributed by atoms with Crippen molar-refractivity contribution in [2.45, 2.75) is 11.2 Å². The Morgan fingerprint density at radius 2 is 1.65 bits per heavy atom. The van der Waals surface area contributed by atoms with E-state index in [1.165, 1.54) is 18.2 Å². The van der Waals surface area contributed by atoms with Crippen LogP contribution < -0.4 is 5.32 Å². The molecule has 4 nitrogen and oxygen atoms in total. The van der Waals surface area contributed by atoms with E-state index in [1.807, 2.05) is 0 Å². The van der Waals surface area contributed by atoms with Crippen molar-refractivity contribution in [2.24, 2.45) is 0 Å². The van der Waals surface area contributed by atoms with Crippen LogP contribution in [0, 0.1) is 11.3 Å². The summed E-state index contributed by atoms with van der Waals surface area (Å²) in [6, 6.07) is 22.5. The molecule has 37 heavy (non-hydrogen) atoms. The maximum atomic E-state index is 13.3. The van der Waals surface area contributed by atoms with Gasteiger partial charge < -0.3 is 5.32 Å². The zero-order valence-electron chi connectivity index (χ0n) is 18.8. The fourth-order valence-corrected chi connectivity index (χ4v) is 4.72. The van der Waals surface area contributed by atoms with Crippen LogP contribution in [0.5, 0.6) is 0 Å². The van der Waals surface area contributed by atoms with Gasteiger partial charge in [0.15, 0.2) is 0 Å². The molecule has 1 N–H and O–H groups in total. The number of carbonyl (C=O) groups excluding carboxylic acids is 1. The number of rotatable bonds is 6. The molecule has 3 aromatic carbocycles. The summed E-state index contributed by atoms with van der Waals surface area (Å²) in [6.45, 7) is 0. The fraction of sp³-hybridized carbons (Fsp3) is 0.0741. The highest BCUT2D eigenvalue weighted by Crippen LogP contribution is 2.38. The van der Waals surface area contributed by atoms with E-state index >= 15 is 0 Å². The van der Waals surface area contributed by atoms with Crippen molar-refractivity contribution in [1.82, 2.24) is 4.98 Å². The fourth-order valence-electron chi connectivity index (χ4n) is 3.55. The first-order valence-electron chi connectivity index (χ1n) is 10.7. The zero-order valence-corrected chi connectivity index (χ0v) is 21.1. The van der Waals surface area contributed by atoms with Gasteiger partial charge in [-0.15, -0.1) is 0 Å². The number of aromatic nitrogens is 1. The van der Waals surface area contributed by atoms with Gasteiger partial charge in [0.05, 0.1) is 28.3 Å². The molecule has 4 rings (SSSR count). The molecule has 0 saturated heterocycles. The first-order valence-corrected chi connectivity index (χ1v) is 12.5. The summed E-state index contributed by atoms with van der Waals surface area (Å²) in [7, 11) is 0. The summed E-state index contributed by atoms with van der Waals surface area (Å²) in [4.78, 5) is 17.2. The van der Waals surface area contributed by atoms with Crippen molar-refractivity contribution in [3.05, 3.63) is 100 Å². The van der Waals surface area contributed by atoms with E-state index in [0.29, 0.717) is 32.4 Å². The average molecular weight is 558 g/mol. The highest BCUT2D eigenvalue weighted by Gasteiger charge is 2.33. The molecule has 186 valence electrons. The molecule has 1 amide bonds. The quantitative estimate of drug-likeness (QED) is 0.242. The van der Waals surface area contributed by atoms with Crippen LogP contribution >= 0.6 is 35.0 Å². The van der Waals surface area contributed by atoms with E-state index in [1.54, 1.807) is 54.6 Å². The van der Waals surface area contributed by atoms with Crippen LogP contribution in [-0.2, 0) is 11.0 Å². The molecule has 0 radical (unpaired) electrons. The lowest BCUT2D eigenvalue weighted by atomic mass is 9.99. The van der Waals surface area contributed by atoms with Crippen LogP contribution in [0.25, 0.3) is 22.4 Å². The van der Waals surface area contributed by atoms with Gasteiger partial charge in [-0.05, 0) is 36.4 Å². The van der Waals surface area contributed by atoms with Gasteiger partial charge in [0.2, 0.25) is 5.91 Å². The van der Waals surface area contributed by atoms with Crippen molar-refractivity contribution >= 4 is 46.6 Å². The molecule has 0 aliphatic rings. The lowest BCUT2D eigenvalue weighted by Crippen LogP contribution is -2.18. The van der Waals surface area contributed by atoms with Gasteiger partial charge in [0.1, 0.15) is 11.1 Å². The highest BCUT2D eigenvalue weighted by molar-refractivity contribution is 8.00. The Labute approximate surface area is 225 Å². The Balaban J connectivity index is 1.70. The number of hydrogen-bond acceptors (Lipinski definition) is 4. The van der Waals surface area contributed by atoms with Gasteiger partial charge >= 0.3 is 6.18 Å². The number of halogens is 5. The Kier molecular flexibility index (Phi) is 8.08. The van der Waals surface area contributed by atoms with Gasteiger partial charge in [0, 0.05) is 26.7 Å². The standard InChI is InChI=1S/C27H16Cl2F3N3OS/c28-17-11-9-16(10-12-17)24-13-19(18-5-1-3-7-22(18)29)20(14-33)26(35-24)37-15-25(36)34-23-8-4-2-6-21(23)27(30,31)32/h1-13H,15H2,(H,34,36). The minimum atomic E-state index is -4.62. The molecule has 1 aromatic heterocycles. The molecule has 0 aliphatic heterocycles. The van der Waals surface area contributed by atoms with Crippen molar-refractivity contribution in [3.63, 3.8) is 0 Å². The second-order valence-electron chi connectivity index (χ2n) is 7.71. The minimum Gasteiger partial charge on any atom is -0.325 e. The molecule has 0 atom stereocenters. The number of alkyl halides is 3. The summed E-state index contributed by atoms with van der Waals surface area (Å²) in [5.74, 6) is -0.955. The Morgan fingerprint density at radius 3 is 2.32 bits per heavy atom. The third kappa shape index (κ3) is 6.25. The molecule has 0 bridgehead atoms. The normalized spacial score (nSPS) is 11.1. The number of anilines is 1. The predicted molar refractivity (Wildman–Crippen MR) is 141 cm³/mol. The molecule has 10 heteroatoms. The first-order chi connectivity index (χ1) is 17.7. The first kappa shape index (κ1) is 26.6. The second kappa shape index (κ2) is 11.3. The lowest BCUT2D eigenvalue weighted by molar-refractivity contribution is -0.137. The van der Waals surface area contributed by atoms with Crippen molar-refractivity contribution in [2.75, 3.05) is 11.1 Å². The summed E-state index contributed by atoms with van der Waals surface area (Å²) < 4.78 is 39.9. The van der Waals surface area contributed by atoms with E-state index in [2.05, 4.69) is 16.4 Å². The average Bonchev–Trinajstić information content (AvgIpc) is 2.87. The molecule has 1 heterocycles. The summed E-state index contributed by atoms with van der Waals surface area (Å²) in [5, 5.41) is 13.5. The van der Waals surface area contributed by atoms with Gasteiger partial charge in [-0.1, -0.05) is 77.4 Å². The number of carbonyl (C=O) groups is 1. The van der Waals surface area contributed by atoms with Crippen LogP contribution in [0.2, 0.25) is 10.0 Å². The summed E-state index contributed by atoms with van der Waals surface area (Å²) in [6.07, 6.45) is -4.62. The number of pyridine rings is 1. The topological polar surface area (TPSA) is 65.8 Å². The molecule has 0 unspecified atom stereocenters. The number of thioether (sulfide) groups is 1. The van der Waals surface area contributed by atoms with Crippen LogP contribution in [-0.4, -0.2) is 16.6 Å². The van der Waals surface area contributed by atoms with Gasteiger partial charge in [-0.25, -0.2) is 4.98 Å². The number of para-hydroxylation sites is 1. The zero-order chi connectivity index (χ0) is 26.6. The number of nitrogens with one attached hydrogen (secondary N) is 1. The number of nitrogens with zero attached hydrogens (tertiary/aromatic N) is 2. The monoisotopic (exact) mass is 557 g/mol. The van der Waals surface area contributed by atoms with Gasteiger partial charge in [-0.3, -0.25) is 4.79 Å². The summed E-state index contributed by atoms with van der Waals surface area (Å²) >= 11 is 13.4. The van der Waals surface area contributed by atoms with E-state index in [-0.39, 0.29) is 22.0 Å². The SMILES string of the molecule is N#Cc1c(-c2ccccc2Cl)cc(-c2ccc(Cl)cc2)nc1SCC(=O)Nc1ccccc1C(F)(F)F. The van der Waals surface area contributed by atoms with Gasteiger partial charge in [-0.2, -0.15) is 18.4 Å². The summed E-state index contributed by atoms with van der Waals surface area (Å²) in [5.41, 5.74) is 1.24. The van der Waals surface area contributed by atoms with E-state index in [9.17, 15) is 23.2 Å². The number of nitriles is 1. The lowest BCUT2D eigenvalue weighted by Gasteiger charge is -2.15. The van der Waals surface area contributed by atoms with Crippen molar-refractivity contribution in [3.8, 4) is 28.5 Å². The number of hydrogen-bond donors (Lipinski definition) is 1. The maximum Gasteiger partial charge on any atom is 0.418 e. The second-order valence-corrected chi connectivity index (χ2v) is 9.52. The largest absolute Gasteiger partial charge is 0.418 e. The van der Waals surface area contributed by atoms with Crippen LogP contribution in [0.4, 0.5) is 18.9 Å². The Hall–Kier alpha value is -3.51. The Morgan fingerprint density at radius 1 is 0.973 bits per heavy atom. The van der Waals surface area contributed by atoms with E-state index in [4.69, 9.17) is 23.2 Å². The molecule has 4 aromatic rings. The minimum absolute atomic E-state index is 0.194. The van der Waals surface area contributed by atoms with Crippen LogP contribution in [0.3, 0.4) is 0 Å². The third-order valence-electron chi connectivity index (χ3n) is 5.25. The Bertz CT molecular complexity index is 1500. The molecule has 0 saturated carbocycles. The predicted octanol–water partition coefficient (Wildman–Crippen LogP) is 8.34. The molecular formula is C27H16Cl2F3N3OS. The third-order valence-corrected chi connectivity index (χ3v) is 6.81. The number of benzene rings is 3. The molecule has 0 aliphatic carbocycles. The van der Waals surface area contributed by atoms with Gasteiger partial charge in [0.25, 0.3) is 0 Å². The van der Waals surface area contributed by atoms with Crippen LogP contribution in [0.1, 0.15) is 11.1 Å². The highest BCUT2D eigenvalue weighted by atomic mass is 35.5. The van der Waals surface area contributed by atoms with Crippen LogP contribution in [0.15, 0.2) is 83.9 Å². The molecular weight excluding hydrogens is 542 g/mol. The van der Waals surface area contributed by atoms with E-state index < -0.39 is 17.6 Å². The smallest absolute Gasteiger partial charge is 0.325 e. The molecule has 0 fully saturated rings. The van der Waals surface area contributed by atoms with Crippen molar-refractivity contribution < 1.29 is 18.0 Å².